The van der Waals surface area contributed by atoms with Crippen LogP contribution >= 0.6 is 11.8 Å². The molecular formula is C30H31N5O2S. The quantitative estimate of drug-likeness (QED) is 0.270. The molecule has 3 heterocycles. The number of ether oxygens (including phenoxy) is 1. The molecule has 1 aliphatic heterocycles. The molecule has 7 nitrogen and oxygen atoms in total. The van der Waals surface area contributed by atoms with E-state index in [0.29, 0.717) is 0 Å². The summed E-state index contributed by atoms with van der Waals surface area (Å²) in [5.74, 6) is 0.986. The highest BCUT2D eigenvalue weighted by molar-refractivity contribution is 8.00. The largest absolute Gasteiger partial charge is 0.372 e. The number of anilines is 2. The highest BCUT2D eigenvalue weighted by Gasteiger charge is 2.26. The smallest absolute Gasteiger partial charge is 0.234 e. The van der Waals surface area contributed by atoms with Gasteiger partial charge in [-0.3, -0.25) is 4.79 Å². The van der Waals surface area contributed by atoms with E-state index in [1.54, 1.807) is 0 Å². The number of fused-ring (bicyclic) bond motifs is 4. The van der Waals surface area contributed by atoms with Crippen LogP contribution in [-0.2, 0) is 16.1 Å². The number of amides is 1. The highest BCUT2D eigenvalue weighted by atomic mass is 32.2. The number of morpholine rings is 1. The van der Waals surface area contributed by atoms with Crippen LogP contribution in [0.25, 0.3) is 32.8 Å². The Balaban J connectivity index is 1.24. The van der Waals surface area contributed by atoms with Gasteiger partial charge in [0.25, 0.3) is 0 Å². The molecule has 5 aromatic rings. The van der Waals surface area contributed by atoms with E-state index in [-0.39, 0.29) is 23.9 Å². The fourth-order valence-electron chi connectivity index (χ4n) is 5.43. The lowest BCUT2D eigenvalue weighted by atomic mass is 10.1. The predicted molar refractivity (Wildman–Crippen MR) is 156 cm³/mol. The van der Waals surface area contributed by atoms with Crippen LogP contribution in [-0.4, -0.2) is 51.5 Å². The van der Waals surface area contributed by atoms with Crippen molar-refractivity contribution < 1.29 is 9.53 Å². The van der Waals surface area contributed by atoms with Crippen molar-refractivity contribution in [3.05, 3.63) is 66.7 Å². The Morgan fingerprint density at radius 1 is 0.947 bits per heavy atom. The molecule has 38 heavy (non-hydrogen) atoms. The van der Waals surface area contributed by atoms with Crippen molar-refractivity contribution in [3.8, 4) is 0 Å². The first-order valence-electron chi connectivity index (χ1n) is 13.1. The molecule has 0 spiro atoms. The SMILES string of the molecule is CCn1c2ccccc2c2cc(NC(=O)CSc3nc4ccccc4nc3N3CC(C)OC(C)C3)ccc21. The minimum atomic E-state index is -0.0711. The van der Waals surface area contributed by atoms with Gasteiger partial charge in [-0.05, 0) is 57.2 Å². The Hall–Kier alpha value is -3.62. The number of benzene rings is 3. The summed E-state index contributed by atoms with van der Waals surface area (Å²) in [5, 5.41) is 6.20. The molecule has 6 rings (SSSR count). The zero-order valence-corrected chi connectivity index (χ0v) is 22.7. The van der Waals surface area contributed by atoms with E-state index in [9.17, 15) is 4.79 Å². The average Bonchev–Trinajstić information content (AvgIpc) is 3.23. The van der Waals surface area contributed by atoms with E-state index in [1.807, 2.05) is 30.3 Å². The van der Waals surface area contributed by atoms with Crippen molar-refractivity contribution in [1.82, 2.24) is 14.5 Å². The van der Waals surface area contributed by atoms with Gasteiger partial charge in [0.15, 0.2) is 5.82 Å². The van der Waals surface area contributed by atoms with Gasteiger partial charge in [0.1, 0.15) is 5.03 Å². The molecule has 3 aromatic carbocycles. The summed E-state index contributed by atoms with van der Waals surface area (Å²) in [6.45, 7) is 8.67. The van der Waals surface area contributed by atoms with Gasteiger partial charge in [0.05, 0.1) is 29.0 Å². The predicted octanol–water partition coefficient (Wildman–Crippen LogP) is 6.10. The second-order valence-electron chi connectivity index (χ2n) is 9.83. The summed E-state index contributed by atoms with van der Waals surface area (Å²) < 4.78 is 8.24. The topological polar surface area (TPSA) is 72.3 Å². The van der Waals surface area contributed by atoms with Crippen LogP contribution in [0.15, 0.2) is 71.8 Å². The first-order valence-corrected chi connectivity index (χ1v) is 14.1. The van der Waals surface area contributed by atoms with E-state index in [2.05, 4.69) is 72.0 Å². The van der Waals surface area contributed by atoms with Crippen LogP contribution in [0.3, 0.4) is 0 Å². The van der Waals surface area contributed by atoms with Crippen molar-refractivity contribution in [2.45, 2.75) is 44.5 Å². The maximum absolute atomic E-state index is 13.1. The number of aryl methyl sites for hydroxylation is 1. The van der Waals surface area contributed by atoms with Gasteiger partial charge in [-0.25, -0.2) is 9.97 Å². The van der Waals surface area contributed by atoms with Crippen LogP contribution < -0.4 is 10.2 Å². The number of nitrogens with one attached hydrogen (secondary N) is 1. The number of carbonyl (C=O) groups excluding carboxylic acids is 1. The molecule has 194 valence electrons. The van der Waals surface area contributed by atoms with E-state index < -0.39 is 0 Å². The fourth-order valence-corrected chi connectivity index (χ4v) is 6.24. The average molecular weight is 526 g/mol. The first kappa shape index (κ1) is 24.7. The van der Waals surface area contributed by atoms with Gasteiger partial charge in [0, 0.05) is 47.1 Å². The van der Waals surface area contributed by atoms with Crippen LogP contribution in [0, 0.1) is 0 Å². The lowest BCUT2D eigenvalue weighted by molar-refractivity contribution is -0.113. The lowest BCUT2D eigenvalue weighted by Crippen LogP contribution is -2.46. The standard InChI is InChI=1S/C30H31N5O2S/c1-4-35-26-12-8-5-9-22(26)23-15-21(13-14-27(23)35)31-28(36)18-38-30-29(34-16-19(2)37-20(3)17-34)32-24-10-6-7-11-25(24)33-30/h5-15,19-20H,4,16-18H2,1-3H3,(H,31,36). The van der Waals surface area contributed by atoms with Crippen molar-refractivity contribution in [1.29, 1.82) is 0 Å². The summed E-state index contributed by atoms with van der Waals surface area (Å²) in [5.41, 5.74) is 4.85. The number of hydrogen-bond donors (Lipinski definition) is 1. The minimum Gasteiger partial charge on any atom is -0.372 e. The third-order valence-electron chi connectivity index (χ3n) is 6.95. The number of thioether (sulfide) groups is 1. The van der Waals surface area contributed by atoms with Gasteiger partial charge in [-0.2, -0.15) is 0 Å². The van der Waals surface area contributed by atoms with E-state index in [1.165, 1.54) is 28.2 Å². The Labute approximate surface area is 226 Å². The van der Waals surface area contributed by atoms with Crippen LogP contribution in [0.2, 0.25) is 0 Å². The third-order valence-corrected chi connectivity index (χ3v) is 7.91. The third kappa shape index (κ3) is 4.70. The molecule has 2 unspecified atom stereocenters. The van der Waals surface area contributed by atoms with Gasteiger partial charge in [-0.1, -0.05) is 42.1 Å². The van der Waals surface area contributed by atoms with Crippen LogP contribution in [0.4, 0.5) is 11.5 Å². The monoisotopic (exact) mass is 525 g/mol. The van der Waals surface area contributed by atoms with E-state index >= 15 is 0 Å². The molecule has 0 saturated carbocycles. The van der Waals surface area contributed by atoms with Crippen molar-refractivity contribution in [2.24, 2.45) is 0 Å². The summed E-state index contributed by atoms with van der Waals surface area (Å²) in [6.07, 6.45) is 0.198. The van der Waals surface area contributed by atoms with Crippen LogP contribution in [0.1, 0.15) is 20.8 Å². The number of carbonyl (C=O) groups is 1. The summed E-state index contributed by atoms with van der Waals surface area (Å²) in [6, 6.07) is 22.4. The number of para-hydroxylation sites is 3. The summed E-state index contributed by atoms with van der Waals surface area (Å²) in [7, 11) is 0. The molecular weight excluding hydrogens is 494 g/mol. The van der Waals surface area contributed by atoms with Crippen molar-refractivity contribution >= 4 is 62.0 Å². The molecule has 2 aromatic heterocycles. The maximum Gasteiger partial charge on any atom is 0.234 e. The second kappa shape index (κ2) is 10.3. The molecule has 1 N–H and O–H groups in total. The van der Waals surface area contributed by atoms with E-state index in [4.69, 9.17) is 14.7 Å². The molecule has 1 fully saturated rings. The fraction of sp³-hybridized carbons (Fsp3) is 0.300. The van der Waals surface area contributed by atoms with Crippen molar-refractivity contribution in [3.63, 3.8) is 0 Å². The molecule has 8 heteroatoms. The highest BCUT2D eigenvalue weighted by Crippen LogP contribution is 2.33. The summed E-state index contributed by atoms with van der Waals surface area (Å²) in [4.78, 5) is 25.2. The number of nitrogens with zero attached hydrogens (tertiary/aromatic N) is 4. The first-order chi connectivity index (χ1) is 18.5. The van der Waals surface area contributed by atoms with Gasteiger partial charge in [0.2, 0.25) is 5.91 Å². The number of hydrogen-bond acceptors (Lipinski definition) is 6. The molecule has 1 amide bonds. The van der Waals surface area contributed by atoms with Crippen LogP contribution in [0.5, 0.6) is 0 Å². The number of rotatable bonds is 6. The Kier molecular flexibility index (Phi) is 6.68. The Bertz CT molecular complexity index is 1640. The Morgan fingerprint density at radius 3 is 2.39 bits per heavy atom. The van der Waals surface area contributed by atoms with Gasteiger partial charge in [-0.15, -0.1) is 0 Å². The van der Waals surface area contributed by atoms with Gasteiger partial charge >= 0.3 is 0 Å². The second-order valence-corrected chi connectivity index (χ2v) is 10.8. The van der Waals surface area contributed by atoms with E-state index in [0.717, 1.165) is 52.6 Å². The van der Waals surface area contributed by atoms with Gasteiger partial charge < -0.3 is 19.5 Å². The molecule has 2 atom stereocenters. The lowest BCUT2D eigenvalue weighted by Gasteiger charge is -2.36. The normalized spacial score (nSPS) is 17.9. The molecule has 0 radical (unpaired) electrons. The molecule has 0 bridgehead atoms. The zero-order chi connectivity index (χ0) is 26.2. The van der Waals surface area contributed by atoms with Crippen molar-refractivity contribution in [2.75, 3.05) is 29.1 Å². The maximum atomic E-state index is 13.1. The number of aromatic nitrogens is 3. The minimum absolute atomic E-state index is 0.0711. The molecule has 1 saturated heterocycles. The molecule has 0 aliphatic carbocycles. The zero-order valence-electron chi connectivity index (χ0n) is 21.8. The molecule has 1 aliphatic rings. The Morgan fingerprint density at radius 2 is 1.63 bits per heavy atom. The summed E-state index contributed by atoms with van der Waals surface area (Å²) >= 11 is 1.43.